The lowest BCUT2D eigenvalue weighted by Crippen LogP contribution is -2.52. The van der Waals surface area contributed by atoms with E-state index >= 15 is 0 Å². The second-order valence-corrected chi connectivity index (χ2v) is 10.0. The molecule has 0 bridgehead atoms. The molecular weight excluding hydrogens is 449 g/mol. The number of hydrogen-bond acceptors (Lipinski definition) is 6. The van der Waals surface area contributed by atoms with Gasteiger partial charge in [0.25, 0.3) is 5.56 Å². The predicted octanol–water partition coefficient (Wildman–Crippen LogP) is 3.37. The fourth-order valence-electron chi connectivity index (χ4n) is 3.60. The standard InChI is InChI=1S/C25H34BN3O6/c1-17(2)21(26-34-24(3,4)25(5,6)35-26)28-20(30)15-29-14-10-13-19(22(29)31)27-23(32)33-16-18-11-8-7-9-12-18/h7-14,17,21H,15-16H2,1-6H3,(H,27,32)(H,28,30). The van der Waals surface area contributed by atoms with Gasteiger partial charge in [-0.2, -0.15) is 0 Å². The maximum atomic E-state index is 12.9. The Balaban J connectivity index is 1.62. The van der Waals surface area contributed by atoms with Crippen LogP contribution in [0.4, 0.5) is 10.5 Å². The van der Waals surface area contributed by atoms with Gasteiger partial charge in [0.2, 0.25) is 5.91 Å². The monoisotopic (exact) mass is 483 g/mol. The quantitative estimate of drug-likeness (QED) is 0.558. The van der Waals surface area contributed by atoms with E-state index in [1.807, 2.05) is 71.9 Å². The zero-order chi connectivity index (χ0) is 25.8. The number of pyridine rings is 1. The van der Waals surface area contributed by atoms with Crippen molar-refractivity contribution < 1.29 is 23.6 Å². The van der Waals surface area contributed by atoms with Crippen molar-refractivity contribution in [1.82, 2.24) is 9.88 Å². The van der Waals surface area contributed by atoms with Crippen LogP contribution in [0.1, 0.15) is 47.1 Å². The van der Waals surface area contributed by atoms with Gasteiger partial charge in [-0.25, -0.2) is 4.79 Å². The van der Waals surface area contributed by atoms with Crippen molar-refractivity contribution in [3.8, 4) is 0 Å². The highest BCUT2D eigenvalue weighted by molar-refractivity contribution is 6.48. The highest BCUT2D eigenvalue weighted by Crippen LogP contribution is 2.38. The number of nitrogens with zero attached hydrogens (tertiary/aromatic N) is 1. The topological polar surface area (TPSA) is 108 Å². The van der Waals surface area contributed by atoms with E-state index < -0.39 is 35.9 Å². The summed E-state index contributed by atoms with van der Waals surface area (Å²) in [5.41, 5.74) is -0.726. The molecule has 2 aromatic rings. The second kappa shape index (κ2) is 10.7. The first-order valence-corrected chi connectivity index (χ1v) is 11.7. The van der Waals surface area contributed by atoms with Crippen molar-refractivity contribution in [1.29, 1.82) is 0 Å². The van der Waals surface area contributed by atoms with Crippen molar-refractivity contribution in [3.05, 3.63) is 64.6 Å². The summed E-state index contributed by atoms with van der Waals surface area (Å²) in [5.74, 6) is -0.754. The summed E-state index contributed by atoms with van der Waals surface area (Å²) >= 11 is 0. The van der Waals surface area contributed by atoms with Crippen LogP contribution in [0, 0.1) is 5.92 Å². The van der Waals surface area contributed by atoms with Crippen molar-refractivity contribution in [2.75, 3.05) is 5.32 Å². The van der Waals surface area contributed by atoms with Gasteiger partial charge in [0.05, 0.1) is 17.1 Å². The first-order valence-electron chi connectivity index (χ1n) is 11.7. The number of carbonyl (C=O) groups is 2. The number of rotatable bonds is 8. The van der Waals surface area contributed by atoms with Crippen LogP contribution in [0.15, 0.2) is 53.5 Å². The Morgan fingerprint density at radius 1 is 1.03 bits per heavy atom. The van der Waals surface area contributed by atoms with Crippen molar-refractivity contribution in [3.63, 3.8) is 0 Å². The van der Waals surface area contributed by atoms with E-state index in [0.717, 1.165) is 5.56 Å². The maximum Gasteiger partial charge on any atom is 0.482 e. The lowest BCUT2D eigenvalue weighted by molar-refractivity contribution is -0.122. The maximum absolute atomic E-state index is 12.9. The summed E-state index contributed by atoms with van der Waals surface area (Å²) in [7, 11) is -0.618. The molecule has 1 aromatic heterocycles. The Labute approximate surface area is 206 Å². The summed E-state index contributed by atoms with van der Waals surface area (Å²) in [4.78, 5) is 37.8. The van der Waals surface area contributed by atoms with Crippen LogP contribution in [0.25, 0.3) is 0 Å². The van der Waals surface area contributed by atoms with Crippen molar-refractivity contribution >= 4 is 24.8 Å². The van der Waals surface area contributed by atoms with Crippen LogP contribution in [0.3, 0.4) is 0 Å². The molecule has 10 heteroatoms. The smallest absolute Gasteiger partial charge is 0.444 e. The summed E-state index contributed by atoms with van der Waals surface area (Å²) in [6, 6.07) is 12.2. The van der Waals surface area contributed by atoms with Gasteiger partial charge in [0.1, 0.15) is 18.8 Å². The predicted molar refractivity (Wildman–Crippen MR) is 134 cm³/mol. The molecule has 3 rings (SSSR count). The first-order chi connectivity index (χ1) is 16.4. The number of ether oxygens (including phenoxy) is 1. The Morgan fingerprint density at radius 2 is 1.66 bits per heavy atom. The molecule has 2 N–H and O–H groups in total. The number of aromatic nitrogens is 1. The molecule has 188 valence electrons. The van der Waals surface area contributed by atoms with E-state index in [4.69, 9.17) is 14.0 Å². The third kappa shape index (κ3) is 6.52. The van der Waals surface area contributed by atoms with Gasteiger partial charge in [0, 0.05) is 6.20 Å². The molecule has 1 aliphatic heterocycles. The summed E-state index contributed by atoms with van der Waals surface area (Å²) in [6.07, 6.45) is 0.732. The Bertz CT molecular complexity index is 1080. The molecule has 2 heterocycles. The molecule has 1 atom stereocenters. The van der Waals surface area contributed by atoms with Crippen LogP contribution in [0.2, 0.25) is 0 Å². The van der Waals surface area contributed by atoms with E-state index in [1.54, 1.807) is 6.07 Å². The van der Waals surface area contributed by atoms with E-state index in [9.17, 15) is 14.4 Å². The second-order valence-electron chi connectivity index (χ2n) is 10.0. The van der Waals surface area contributed by atoms with Crippen molar-refractivity contribution in [2.45, 2.75) is 71.8 Å². The van der Waals surface area contributed by atoms with Gasteiger partial charge in [-0.05, 0) is 51.3 Å². The lowest BCUT2D eigenvalue weighted by atomic mass is 9.72. The molecule has 9 nitrogen and oxygen atoms in total. The van der Waals surface area contributed by atoms with E-state index in [-0.39, 0.29) is 30.7 Å². The minimum atomic E-state index is -0.756. The molecule has 1 aliphatic rings. The van der Waals surface area contributed by atoms with Crippen LogP contribution in [0.5, 0.6) is 0 Å². The van der Waals surface area contributed by atoms with Crippen LogP contribution >= 0.6 is 0 Å². The lowest BCUT2D eigenvalue weighted by Gasteiger charge is -2.32. The van der Waals surface area contributed by atoms with Gasteiger partial charge < -0.3 is 23.9 Å². The minimum Gasteiger partial charge on any atom is -0.444 e. The number of amides is 2. The third-order valence-corrected chi connectivity index (χ3v) is 6.39. The fraction of sp³-hybridized carbons (Fsp3) is 0.480. The normalized spacial score (nSPS) is 17.2. The zero-order valence-corrected chi connectivity index (χ0v) is 21.2. The molecule has 1 saturated heterocycles. The van der Waals surface area contributed by atoms with Gasteiger partial charge in [0.15, 0.2) is 0 Å². The first kappa shape index (κ1) is 26.5. The molecule has 0 saturated carbocycles. The van der Waals surface area contributed by atoms with Gasteiger partial charge in [-0.3, -0.25) is 14.9 Å². The average Bonchev–Trinajstić information content (AvgIpc) is 3.00. The molecule has 1 unspecified atom stereocenters. The van der Waals surface area contributed by atoms with Crippen molar-refractivity contribution in [2.24, 2.45) is 5.92 Å². The third-order valence-electron chi connectivity index (χ3n) is 6.39. The fourth-order valence-corrected chi connectivity index (χ4v) is 3.60. The van der Waals surface area contributed by atoms with Gasteiger partial charge in [-0.1, -0.05) is 44.2 Å². The largest absolute Gasteiger partial charge is 0.482 e. The molecule has 0 spiro atoms. The Morgan fingerprint density at radius 3 is 2.26 bits per heavy atom. The summed E-state index contributed by atoms with van der Waals surface area (Å²) in [6.45, 7) is 11.6. The molecule has 2 amide bonds. The Hall–Kier alpha value is -3.11. The van der Waals surface area contributed by atoms with E-state index in [0.29, 0.717) is 0 Å². The van der Waals surface area contributed by atoms with Crippen LogP contribution in [-0.4, -0.2) is 40.8 Å². The van der Waals surface area contributed by atoms with E-state index in [2.05, 4.69) is 10.6 Å². The highest BCUT2D eigenvalue weighted by Gasteiger charge is 2.54. The average molecular weight is 483 g/mol. The number of anilines is 1. The molecule has 1 fully saturated rings. The Kier molecular flexibility index (Phi) is 8.07. The SMILES string of the molecule is CC(C)C(NC(=O)Cn1cccc(NC(=O)OCc2ccccc2)c1=O)B1OC(C)(C)C(C)(C)O1. The zero-order valence-electron chi connectivity index (χ0n) is 21.2. The molecule has 0 aliphatic carbocycles. The number of carbonyl (C=O) groups excluding carboxylic acids is 2. The highest BCUT2D eigenvalue weighted by atomic mass is 16.7. The van der Waals surface area contributed by atoms with Gasteiger partial charge in [-0.15, -0.1) is 0 Å². The summed E-state index contributed by atoms with van der Waals surface area (Å²) < 4.78 is 18.6. The number of benzene rings is 1. The molecular formula is C25H34BN3O6. The van der Waals surface area contributed by atoms with Gasteiger partial charge >= 0.3 is 13.2 Å². The molecule has 35 heavy (non-hydrogen) atoms. The van der Waals surface area contributed by atoms with Crippen LogP contribution in [-0.2, 0) is 32.0 Å². The molecule has 1 aromatic carbocycles. The van der Waals surface area contributed by atoms with Crippen LogP contribution < -0.4 is 16.2 Å². The minimum absolute atomic E-state index is 0.0183. The number of hydrogen-bond donors (Lipinski definition) is 2. The van der Waals surface area contributed by atoms with E-state index in [1.165, 1.54) is 16.8 Å². The summed E-state index contributed by atoms with van der Waals surface area (Å²) in [5, 5.41) is 5.40. The molecule has 0 radical (unpaired) electrons. The number of nitrogens with one attached hydrogen (secondary N) is 2.